The minimum atomic E-state index is -0.494. The zero-order valence-corrected chi connectivity index (χ0v) is 10.5. The lowest BCUT2D eigenvalue weighted by atomic mass is 10.2. The summed E-state index contributed by atoms with van der Waals surface area (Å²) in [6, 6.07) is 6.58. The van der Waals surface area contributed by atoms with Gasteiger partial charge in [0.25, 0.3) is 0 Å². The van der Waals surface area contributed by atoms with E-state index in [-0.39, 0.29) is 5.82 Å². The molecule has 0 fully saturated rings. The van der Waals surface area contributed by atoms with Crippen LogP contribution in [0.3, 0.4) is 0 Å². The number of benzene rings is 1. The van der Waals surface area contributed by atoms with E-state index in [2.05, 4.69) is 12.2 Å². The predicted molar refractivity (Wildman–Crippen MR) is 68.8 cm³/mol. The number of aliphatic hydroxyl groups is 1. The van der Waals surface area contributed by atoms with Crippen LogP contribution >= 0.6 is 0 Å². The molecule has 0 aliphatic rings. The van der Waals surface area contributed by atoms with Crippen molar-refractivity contribution >= 4 is 5.69 Å². The van der Waals surface area contributed by atoms with Gasteiger partial charge in [-0.2, -0.15) is 0 Å². The lowest BCUT2D eigenvalue weighted by Gasteiger charge is -2.23. The van der Waals surface area contributed by atoms with Gasteiger partial charge in [-0.15, -0.1) is 0 Å². The second-order valence-corrected chi connectivity index (χ2v) is 4.19. The Morgan fingerprint density at radius 2 is 2.12 bits per heavy atom. The molecule has 1 rings (SSSR count). The van der Waals surface area contributed by atoms with Gasteiger partial charge in [0, 0.05) is 20.1 Å². The number of para-hydroxylation sites is 1. The molecule has 3 nitrogen and oxygen atoms in total. The largest absolute Gasteiger partial charge is 0.390 e. The minimum Gasteiger partial charge on any atom is -0.390 e. The van der Waals surface area contributed by atoms with Crippen LogP contribution in [0, 0.1) is 5.82 Å². The van der Waals surface area contributed by atoms with Crippen LogP contribution in [-0.4, -0.2) is 37.9 Å². The molecule has 0 bridgehead atoms. The van der Waals surface area contributed by atoms with Crippen LogP contribution in [0.1, 0.15) is 13.3 Å². The van der Waals surface area contributed by atoms with E-state index in [1.165, 1.54) is 6.07 Å². The number of aliphatic hydroxyl groups excluding tert-OH is 1. The summed E-state index contributed by atoms with van der Waals surface area (Å²) in [6.45, 7) is 3.91. The number of hydrogen-bond acceptors (Lipinski definition) is 3. The maximum atomic E-state index is 13.5. The Morgan fingerprint density at radius 3 is 2.76 bits per heavy atom. The van der Waals surface area contributed by atoms with E-state index in [4.69, 9.17) is 0 Å². The molecule has 0 aliphatic heterocycles. The summed E-state index contributed by atoms with van der Waals surface area (Å²) in [7, 11) is 1.78. The number of anilines is 1. The molecule has 1 aromatic carbocycles. The van der Waals surface area contributed by atoms with E-state index >= 15 is 0 Å². The zero-order chi connectivity index (χ0) is 12.7. The molecule has 1 atom stereocenters. The Bertz CT molecular complexity index is 333. The quantitative estimate of drug-likeness (QED) is 0.711. The van der Waals surface area contributed by atoms with Crippen molar-refractivity contribution in [3.8, 4) is 0 Å². The van der Waals surface area contributed by atoms with E-state index in [1.54, 1.807) is 30.1 Å². The van der Waals surface area contributed by atoms with Gasteiger partial charge in [-0.05, 0) is 25.1 Å². The first-order valence-electron chi connectivity index (χ1n) is 5.99. The summed E-state index contributed by atoms with van der Waals surface area (Å²) < 4.78 is 13.5. The highest BCUT2D eigenvalue weighted by Gasteiger charge is 2.11. The third-order valence-corrected chi connectivity index (χ3v) is 2.56. The average Bonchev–Trinajstić information content (AvgIpc) is 2.29. The predicted octanol–water partition coefficient (Wildman–Crippen LogP) is 1.62. The van der Waals surface area contributed by atoms with Crippen LogP contribution in [0.2, 0.25) is 0 Å². The fourth-order valence-electron chi connectivity index (χ4n) is 1.69. The number of rotatable bonds is 7. The summed E-state index contributed by atoms with van der Waals surface area (Å²) in [5, 5.41) is 12.9. The SMILES string of the molecule is CCCNCC(O)CN(C)c1ccccc1F. The number of hydrogen-bond donors (Lipinski definition) is 2. The van der Waals surface area contributed by atoms with Gasteiger partial charge < -0.3 is 15.3 Å². The maximum Gasteiger partial charge on any atom is 0.146 e. The van der Waals surface area contributed by atoms with Gasteiger partial charge in [-0.1, -0.05) is 19.1 Å². The molecule has 0 radical (unpaired) electrons. The molecular weight excluding hydrogens is 219 g/mol. The minimum absolute atomic E-state index is 0.260. The van der Waals surface area contributed by atoms with E-state index in [9.17, 15) is 9.50 Å². The van der Waals surface area contributed by atoms with Gasteiger partial charge in [0.15, 0.2) is 0 Å². The summed E-state index contributed by atoms with van der Waals surface area (Å²) in [5.74, 6) is -0.260. The topological polar surface area (TPSA) is 35.5 Å². The molecule has 0 heterocycles. The van der Waals surface area contributed by atoms with Gasteiger partial charge in [-0.25, -0.2) is 4.39 Å². The van der Waals surface area contributed by atoms with Gasteiger partial charge in [0.05, 0.1) is 11.8 Å². The lowest BCUT2D eigenvalue weighted by molar-refractivity contribution is 0.178. The number of nitrogens with zero attached hydrogens (tertiary/aromatic N) is 1. The fraction of sp³-hybridized carbons (Fsp3) is 0.538. The van der Waals surface area contributed by atoms with E-state index in [0.717, 1.165) is 13.0 Å². The molecule has 2 N–H and O–H groups in total. The molecule has 1 aromatic rings. The van der Waals surface area contributed by atoms with Gasteiger partial charge in [-0.3, -0.25) is 0 Å². The fourth-order valence-corrected chi connectivity index (χ4v) is 1.69. The summed E-state index contributed by atoms with van der Waals surface area (Å²) >= 11 is 0. The molecule has 0 saturated carbocycles. The van der Waals surface area contributed by atoms with Crippen molar-refractivity contribution in [3.63, 3.8) is 0 Å². The molecule has 0 saturated heterocycles. The van der Waals surface area contributed by atoms with Crippen molar-refractivity contribution in [3.05, 3.63) is 30.1 Å². The Hall–Kier alpha value is -1.13. The highest BCUT2D eigenvalue weighted by molar-refractivity contribution is 5.46. The average molecular weight is 240 g/mol. The summed E-state index contributed by atoms with van der Waals surface area (Å²) in [6.07, 6.45) is 0.543. The number of likely N-dealkylation sites (N-methyl/N-ethyl adjacent to an activating group) is 1. The highest BCUT2D eigenvalue weighted by atomic mass is 19.1. The van der Waals surface area contributed by atoms with Crippen LogP contribution in [0.25, 0.3) is 0 Å². The smallest absolute Gasteiger partial charge is 0.146 e. The van der Waals surface area contributed by atoms with Gasteiger partial charge >= 0.3 is 0 Å². The van der Waals surface area contributed by atoms with E-state index < -0.39 is 6.10 Å². The molecule has 17 heavy (non-hydrogen) atoms. The Balaban J connectivity index is 2.43. The van der Waals surface area contributed by atoms with Gasteiger partial charge in [0.1, 0.15) is 5.82 Å². The standard InChI is InChI=1S/C13H21FN2O/c1-3-8-15-9-11(17)10-16(2)13-7-5-4-6-12(13)14/h4-7,11,15,17H,3,8-10H2,1-2H3. The first kappa shape index (κ1) is 13.9. The van der Waals surface area contributed by atoms with Crippen molar-refractivity contribution in [2.75, 3.05) is 31.6 Å². The monoisotopic (exact) mass is 240 g/mol. The van der Waals surface area contributed by atoms with Crippen LogP contribution < -0.4 is 10.2 Å². The Labute approximate surface area is 102 Å². The van der Waals surface area contributed by atoms with Crippen molar-refractivity contribution in [2.24, 2.45) is 0 Å². The van der Waals surface area contributed by atoms with Crippen LogP contribution in [0.5, 0.6) is 0 Å². The van der Waals surface area contributed by atoms with Gasteiger partial charge in [0.2, 0.25) is 0 Å². The molecule has 0 amide bonds. The number of halogens is 1. The second-order valence-electron chi connectivity index (χ2n) is 4.19. The van der Waals surface area contributed by atoms with Crippen molar-refractivity contribution in [2.45, 2.75) is 19.4 Å². The summed E-state index contributed by atoms with van der Waals surface area (Å²) in [5.41, 5.74) is 0.516. The third-order valence-electron chi connectivity index (χ3n) is 2.56. The summed E-state index contributed by atoms with van der Waals surface area (Å²) in [4.78, 5) is 1.73. The van der Waals surface area contributed by atoms with Crippen molar-refractivity contribution in [1.29, 1.82) is 0 Å². The highest BCUT2D eigenvalue weighted by Crippen LogP contribution is 2.16. The van der Waals surface area contributed by atoms with Crippen LogP contribution in [-0.2, 0) is 0 Å². The molecule has 1 unspecified atom stereocenters. The molecule has 0 aromatic heterocycles. The first-order valence-corrected chi connectivity index (χ1v) is 5.99. The third kappa shape index (κ3) is 4.71. The van der Waals surface area contributed by atoms with E-state index in [0.29, 0.717) is 18.8 Å². The Kier molecular flexibility index (Phi) is 5.94. The molecular formula is C13H21FN2O. The lowest BCUT2D eigenvalue weighted by Crippen LogP contribution is -2.37. The maximum absolute atomic E-state index is 13.5. The van der Waals surface area contributed by atoms with Crippen molar-refractivity contribution in [1.82, 2.24) is 5.32 Å². The Morgan fingerprint density at radius 1 is 1.41 bits per heavy atom. The number of nitrogens with one attached hydrogen (secondary N) is 1. The second kappa shape index (κ2) is 7.25. The first-order chi connectivity index (χ1) is 8.15. The molecule has 4 heteroatoms. The van der Waals surface area contributed by atoms with Crippen molar-refractivity contribution < 1.29 is 9.50 Å². The van der Waals surface area contributed by atoms with Crippen LogP contribution in [0.15, 0.2) is 24.3 Å². The molecule has 96 valence electrons. The normalized spacial score (nSPS) is 12.5. The zero-order valence-electron chi connectivity index (χ0n) is 10.5. The van der Waals surface area contributed by atoms with Crippen LogP contribution in [0.4, 0.5) is 10.1 Å². The molecule has 0 aliphatic carbocycles. The molecule has 0 spiro atoms. The van der Waals surface area contributed by atoms with E-state index in [1.807, 2.05) is 0 Å².